The molecular formula is C12H18N2. The highest BCUT2D eigenvalue weighted by atomic mass is 15.1. The van der Waals surface area contributed by atoms with Crippen LogP contribution in [-0.4, -0.2) is 18.0 Å². The van der Waals surface area contributed by atoms with E-state index in [0.717, 1.165) is 18.7 Å². The molecule has 1 saturated heterocycles. The molecule has 0 radical (unpaired) electrons. The van der Waals surface area contributed by atoms with Crippen molar-refractivity contribution in [3.8, 4) is 6.07 Å². The van der Waals surface area contributed by atoms with Gasteiger partial charge in [0.15, 0.2) is 0 Å². The minimum atomic E-state index is 1.02. The van der Waals surface area contributed by atoms with E-state index < -0.39 is 0 Å². The van der Waals surface area contributed by atoms with Crippen molar-refractivity contribution in [2.75, 3.05) is 13.1 Å². The molecule has 1 rings (SSSR count). The van der Waals surface area contributed by atoms with Crippen LogP contribution in [0.3, 0.4) is 0 Å². The number of hydrogen-bond acceptors (Lipinski definition) is 2. The number of nitrogens with zero attached hydrogens (tertiary/aromatic N) is 2. The molecule has 0 aromatic heterocycles. The second-order valence-electron chi connectivity index (χ2n) is 3.78. The van der Waals surface area contributed by atoms with Crippen molar-refractivity contribution < 1.29 is 0 Å². The summed E-state index contributed by atoms with van der Waals surface area (Å²) in [5.74, 6) is 0. The molecule has 0 bridgehead atoms. The number of likely N-dealkylation sites (tertiary alicyclic amines) is 1. The highest BCUT2D eigenvalue weighted by molar-refractivity contribution is 5.22. The maximum absolute atomic E-state index is 8.44. The standard InChI is InChI=1S/C12H18N2/c1-12(6-8-13)7-11-14-9-4-2-3-5-10-14/h6-7,11H,2-5,9-10H2,1H3. The van der Waals surface area contributed by atoms with Gasteiger partial charge in [-0.15, -0.1) is 0 Å². The second kappa shape index (κ2) is 6.26. The van der Waals surface area contributed by atoms with E-state index in [1.165, 1.54) is 25.7 Å². The topological polar surface area (TPSA) is 27.0 Å². The van der Waals surface area contributed by atoms with E-state index in [1.54, 1.807) is 6.08 Å². The first-order valence-electron chi connectivity index (χ1n) is 5.31. The van der Waals surface area contributed by atoms with Crippen LogP contribution in [0, 0.1) is 11.3 Å². The Bertz CT molecular complexity index is 250. The normalized spacial score (nSPS) is 19.4. The first-order chi connectivity index (χ1) is 6.83. The van der Waals surface area contributed by atoms with Crippen LogP contribution in [0.1, 0.15) is 32.6 Å². The molecule has 0 unspecified atom stereocenters. The zero-order valence-electron chi connectivity index (χ0n) is 8.87. The number of allylic oxidation sites excluding steroid dienone is 3. The first-order valence-corrected chi connectivity index (χ1v) is 5.31. The van der Waals surface area contributed by atoms with Crippen LogP contribution in [0.4, 0.5) is 0 Å². The average molecular weight is 190 g/mol. The van der Waals surface area contributed by atoms with Gasteiger partial charge in [-0.05, 0) is 37.6 Å². The zero-order chi connectivity index (χ0) is 10.2. The summed E-state index contributed by atoms with van der Waals surface area (Å²) in [6.07, 6.45) is 11.0. The molecule has 1 aliphatic rings. The molecule has 14 heavy (non-hydrogen) atoms. The molecule has 0 aromatic rings. The van der Waals surface area contributed by atoms with Gasteiger partial charge in [0.25, 0.3) is 0 Å². The molecule has 0 saturated carbocycles. The van der Waals surface area contributed by atoms with E-state index in [1.807, 2.05) is 19.1 Å². The third kappa shape index (κ3) is 4.13. The Morgan fingerprint density at radius 3 is 2.43 bits per heavy atom. The summed E-state index contributed by atoms with van der Waals surface area (Å²) in [7, 11) is 0. The first kappa shape index (κ1) is 10.8. The van der Waals surface area contributed by atoms with Crippen LogP contribution in [0.2, 0.25) is 0 Å². The Morgan fingerprint density at radius 1 is 1.21 bits per heavy atom. The van der Waals surface area contributed by atoms with Crippen molar-refractivity contribution in [2.24, 2.45) is 0 Å². The van der Waals surface area contributed by atoms with Crippen molar-refractivity contribution in [1.29, 1.82) is 5.26 Å². The SMILES string of the molecule is CC(C=CN1CCCCCC1)=CC#N. The van der Waals surface area contributed by atoms with E-state index in [4.69, 9.17) is 5.26 Å². The fraction of sp³-hybridized carbons (Fsp3) is 0.583. The number of nitriles is 1. The van der Waals surface area contributed by atoms with Gasteiger partial charge in [0, 0.05) is 19.2 Å². The zero-order valence-corrected chi connectivity index (χ0v) is 8.87. The van der Waals surface area contributed by atoms with Crippen LogP contribution < -0.4 is 0 Å². The van der Waals surface area contributed by atoms with Gasteiger partial charge >= 0.3 is 0 Å². The molecule has 0 aliphatic carbocycles. The molecule has 0 aromatic carbocycles. The summed E-state index contributed by atoms with van der Waals surface area (Å²) in [4.78, 5) is 2.35. The number of hydrogen-bond donors (Lipinski definition) is 0. The molecule has 0 amide bonds. The lowest BCUT2D eigenvalue weighted by molar-refractivity contribution is 0.391. The minimum absolute atomic E-state index is 1.02. The summed E-state index contributed by atoms with van der Waals surface area (Å²) in [6, 6.07) is 2.04. The third-order valence-electron chi connectivity index (χ3n) is 2.48. The molecular weight excluding hydrogens is 172 g/mol. The Kier molecular flexibility index (Phi) is 4.85. The molecule has 0 spiro atoms. The fourth-order valence-electron chi connectivity index (χ4n) is 1.62. The highest BCUT2D eigenvalue weighted by Gasteiger charge is 2.03. The summed E-state index contributed by atoms with van der Waals surface area (Å²) in [5.41, 5.74) is 1.02. The summed E-state index contributed by atoms with van der Waals surface area (Å²) < 4.78 is 0. The maximum atomic E-state index is 8.44. The summed E-state index contributed by atoms with van der Waals surface area (Å²) in [6.45, 7) is 4.28. The van der Waals surface area contributed by atoms with E-state index in [2.05, 4.69) is 11.1 Å². The van der Waals surface area contributed by atoms with Gasteiger partial charge in [-0.1, -0.05) is 12.8 Å². The van der Waals surface area contributed by atoms with Gasteiger partial charge in [-0.25, -0.2) is 0 Å². The minimum Gasteiger partial charge on any atom is -0.377 e. The van der Waals surface area contributed by atoms with E-state index in [-0.39, 0.29) is 0 Å². The molecule has 1 aliphatic heterocycles. The van der Waals surface area contributed by atoms with Crippen LogP contribution in [0.5, 0.6) is 0 Å². The van der Waals surface area contributed by atoms with Crippen LogP contribution in [0.15, 0.2) is 23.9 Å². The molecule has 76 valence electrons. The van der Waals surface area contributed by atoms with Gasteiger partial charge in [0.2, 0.25) is 0 Å². The monoisotopic (exact) mass is 190 g/mol. The van der Waals surface area contributed by atoms with E-state index in [9.17, 15) is 0 Å². The smallest absolute Gasteiger partial charge is 0.0914 e. The summed E-state index contributed by atoms with van der Waals surface area (Å²) in [5, 5.41) is 8.44. The molecule has 2 heteroatoms. The van der Waals surface area contributed by atoms with Crippen molar-refractivity contribution in [3.05, 3.63) is 23.9 Å². The van der Waals surface area contributed by atoms with Crippen LogP contribution >= 0.6 is 0 Å². The highest BCUT2D eigenvalue weighted by Crippen LogP contribution is 2.10. The Hall–Kier alpha value is -1.23. The van der Waals surface area contributed by atoms with Gasteiger partial charge in [0.1, 0.15) is 0 Å². The predicted molar refractivity (Wildman–Crippen MR) is 58.6 cm³/mol. The Labute approximate surface area is 86.5 Å². The van der Waals surface area contributed by atoms with Crippen molar-refractivity contribution in [3.63, 3.8) is 0 Å². The quantitative estimate of drug-likeness (QED) is 0.494. The Morgan fingerprint density at radius 2 is 1.86 bits per heavy atom. The summed E-state index contributed by atoms with van der Waals surface area (Å²) >= 11 is 0. The fourth-order valence-corrected chi connectivity index (χ4v) is 1.62. The van der Waals surface area contributed by atoms with Crippen LogP contribution in [-0.2, 0) is 0 Å². The van der Waals surface area contributed by atoms with Gasteiger partial charge in [0.05, 0.1) is 6.07 Å². The molecule has 0 N–H and O–H groups in total. The predicted octanol–water partition coefficient (Wildman–Crippen LogP) is 2.85. The second-order valence-corrected chi connectivity index (χ2v) is 3.78. The third-order valence-corrected chi connectivity index (χ3v) is 2.48. The van der Waals surface area contributed by atoms with E-state index >= 15 is 0 Å². The largest absolute Gasteiger partial charge is 0.377 e. The number of rotatable bonds is 2. The average Bonchev–Trinajstić information content (AvgIpc) is 2.43. The lowest BCUT2D eigenvalue weighted by Crippen LogP contribution is -2.17. The van der Waals surface area contributed by atoms with Gasteiger partial charge in [-0.3, -0.25) is 0 Å². The van der Waals surface area contributed by atoms with Gasteiger partial charge < -0.3 is 4.90 Å². The van der Waals surface area contributed by atoms with Crippen LogP contribution in [0.25, 0.3) is 0 Å². The van der Waals surface area contributed by atoms with Crippen molar-refractivity contribution in [1.82, 2.24) is 4.90 Å². The molecule has 1 fully saturated rings. The molecule has 1 heterocycles. The van der Waals surface area contributed by atoms with Crippen molar-refractivity contribution in [2.45, 2.75) is 32.6 Å². The maximum Gasteiger partial charge on any atom is 0.0914 e. The Balaban J connectivity index is 2.42. The molecule has 0 atom stereocenters. The van der Waals surface area contributed by atoms with Crippen molar-refractivity contribution >= 4 is 0 Å². The van der Waals surface area contributed by atoms with Gasteiger partial charge in [-0.2, -0.15) is 5.26 Å². The molecule has 2 nitrogen and oxygen atoms in total. The van der Waals surface area contributed by atoms with E-state index in [0.29, 0.717) is 0 Å². The lowest BCUT2D eigenvalue weighted by atomic mass is 10.2. The lowest BCUT2D eigenvalue weighted by Gasteiger charge is -2.16.